The van der Waals surface area contributed by atoms with Crippen LogP contribution in [0.5, 0.6) is 0 Å². The summed E-state index contributed by atoms with van der Waals surface area (Å²) in [5.41, 5.74) is 5.39. The number of nitrogens with one attached hydrogen (secondary N) is 2. The number of nitrogens with zero attached hydrogens (tertiary/aromatic N) is 2. The van der Waals surface area contributed by atoms with Gasteiger partial charge in [-0.25, -0.2) is 4.79 Å². The molecule has 0 unspecified atom stereocenters. The van der Waals surface area contributed by atoms with E-state index in [9.17, 15) is 9.59 Å². The summed E-state index contributed by atoms with van der Waals surface area (Å²) in [5.74, 6) is -0.156. The zero-order valence-corrected chi connectivity index (χ0v) is 24.8. The fourth-order valence-corrected chi connectivity index (χ4v) is 4.19. The van der Waals surface area contributed by atoms with Crippen LogP contribution >= 0.6 is 0 Å². The van der Waals surface area contributed by atoms with Gasteiger partial charge in [0, 0.05) is 38.6 Å². The molecule has 0 aromatic heterocycles. The Morgan fingerprint density at radius 1 is 0.846 bits per heavy atom. The Labute approximate surface area is 236 Å². The molecule has 2 aromatic carbocycles. The lowest BCUT2D eigenvalue weighted by Crippen LogP contribution is -2.34. The number of rotatable bonds is 15. The fraction of sp³-hybridized carbons (Fsp3) is 0.455. The number of hydrogen-bond donors (Lipinski definition) is 2. The SMILES string of the molecule is CCCCCCCNC(=O)Nc1ccccc1C(=O)N(CC=C(C)CCC=C(C)C)c1ccc(N(C)C)cc1. The Bertz CT molecular complexity index is 1100. The monoisotopic (exact) mass is 532 g/mol. The zero-order chi connectivity index (χ0) is 28.6. The summed E-state index contributed by atoms with van der Waals surface area (Å²) < 4.78 is 0. The van der Waals surface area contributed by atoms with Crippen LogP contribution in [-0.2, 0) is 0 Å². The average molecular weight is 533 g/mol. The van der Waals surface area contributed by atoms with Crippen molar-refractivity contribution in [3.63, 3.8) is 0 Å². The Morgan fingerprint density at radius 3 is 2.18 bits per heavy atom. The van der Waals surface area contributed by atoms with Crippen LogP contribution in [0.4, 0.5) is 21.9 Å². The normalized spacial score (nSPS) is 11.1. The van der Waals surface area contributed by atoms with Crippen molar-refractivity contribution >= 4 is 29.0 Å². The smallest absolute Gasteiger partial charge is 0.319 e. The Balaban J connectivity index is 2.22. The molecule has 3 amide bonds. The minimum atomic E-state index is -0.289. The largest absolute Gasteiger partial charge is 0.378 e. The number of hydrogen-bond acceptors (Lipinski definition) is 3. The summed E-state index contributed by atoms with van der Waals surface area (Å²) in [5, 5.41) is 5.83. The van der Waals surface area contributed by atoms with Gasteiger partial charge in [0.2, 0.25) is 0 Å². The van der Waals surface area contributed by atoms with Crippen molar-refractivity contribution in [1.82, 2.24) is 5.32 Å². The van der Waals surface area contributed by atoms with Gasteiger partial charge in [-0.3, -0.25) is 4.79 Å². The molecule has 0 bridgehead atoms. The summed E-state index contributed by atoms with van der Waals surface area (Å²) in [4.78, 5) is 30.4. The number of unbranched alkanes of at least 4 members (excludes halogenated alkanes) is 4. The molecule has 0 saturated carbocycles. The molecule has 6 heteroatoms. The van der Waals surface area contributed by atoms with E-state index in [0.717, 1.165) is 37.1 Å². The average Bonchev–Trinajstić information content (AvgIpc) is 2.91. The lowest BCUT2D eigenvalue weighted by Gasteiger charge is -2.24. The van der Waals surface area contributed by atoms with E-state index in [1.54, 1.807) is 17.0 Å². The molecule has 0 spiro atoms. The van der Waals surface area contributed by atoms with Crippen LogP contribution in [0.2, 0.25) is 0 Å². The molecule has 0 heterocycles. The molecule has 0 aliphatic heterocycles. The first kappa shape index (κ1) is 31.7. The van der Waals surface area contributed by atoms with Gasteiger partial charge in [0.25, 0.3) is 5.91 Å². The summed E-state index contributed by atoms with van der Waals surface area (Å²) in [6.45, 7) is 9.57. The van der Waals surface area contributed by atoms with E-state index in [1.807, 2.05) is 55.4 Å². The van der Waals surface area contributed by atoms with Crippen LogP contribution < -0.4 is 20.4 Å². The number of carbonyl (C=O) groups is 2. The second-order valence-corrected chi connectivity index (χ2v) is 10.5. The highest BCUT2D eigenvalue weighted by Crippen LogP contribution is 2.25. The van der Waals surface area contributed by atoms with Crippen molar-refractivity contribution in [3.8, 4) is 0 Å². The lowest BCUT2D eigenvalue weighted by molar-refractivity contribution is 0.0990. The van der Waals surface area contributed by atoms with Crippen molar-refractivity contribution < 1.29 is 9.59 Å². The Kier molecular flexibility index (Phi) is 13.9. The molecule has 2 rings (SSSR count). The molecule has 2 N–H and O–H groups in total. The molecule has 0 aliphatic rings. The van der Waals surface area contributed by atoms with E-state index in [0.29, 0.717) is 24.3 Å². The van der Waals surface area contributed by atoms with Gasteiger partial charge in [0.15, 0.2) is 0 Å². The van der Waals surface area contributed by atoms with Crippen LogP contribution in [-0.4, -0.2) is 39.1 Å². The second kappa shape index (κ2) is 17.1. The van der Waals surface area contributed by atoms with Gasteiger partial charge in [-0.1, -0.05) is 68.0 Å². The summed E-state index contributed by atoms with van der Waals surface area (Å²) in [6.07, 6.45) is 11.9. The first-order valence-corrected chi connectivity index (χ1v) is 14.2. The van der Waals surface area contributed by atoms with Crippen molar-refractivity contribution in [2.45, 2.75) is 72.6 Å². The highest BCUT2D eigenvalue weighted by molar-refractivity contribution is 6.11. The number of benzene rings is 2. The number of amides is 3. The molecular weight excluding hydrogens is 484 g/mol. The van der Waals surface area contributed by atoms with E-state index in [-0.39, 0.29) is 11.9 Å². The van der Waals surface area contributed by atoms with Gasteiger partial charge in [-0.2, -0.15) is 0 Å². The highest BCUT2D eigenvalue weighted by Gasteiger charge is 2.21. The first-order chi connectivity index (χ1) is 18.7. The number of carbonyl (C=O) groups excluding carboxylic acids is 2. The van der Waals surface area contributed by atoms with E-state index in [2.05, 4.69) is 50.5 Å². The number of allylic oxidation sites excluding steroid dienone is 3. The third kappa shape index (κ3) is 11.4. The maximum Gasteiger partial charge on any atom is 0.319 e. The van der Waals surface area contributed by atoms with Gasteiger partial charge in [0.05, 0.1) is 11.3 Å². The van der Waals surface area contributed by atoms with Gasteiger partial charge in [0.1, 0.15) is 0 Å². The van der Waals surface area contributed by atoms with Crippen LogP contribution in [0, 0.1) is 0 Å². The lowest BCUT2D eigenvalue weighted by atomic mass is 10.1. The second-order valence-electron chi connectivity index (χ2n) is 10.5. The van der Waals surface area contributed by atoms with Crippen LogP contribution in [0.25, 0.3) is 0 Å². The third-order valence-electron chi connectivity index (χ3n) is 6.61. The van der Waals surface area contributed by atoms with Gasteiger partial charge >= 0.3 is 6.03 Å². The third-order valence-corrected chi connectivity index (χ3v) is 6.61. The van der Waals surface area contributed by atoms with Crippen molar-refractivity contribution in [3.05, 3.63) is 77.4 Å². The van der Waals surface area contributed by atoms with Gasteiger partial charge in [-0.15, -0.1) is 0 Å². The molecule has 0 saturated heterocycles. The minimum absolute atomic E-state index is 0.156. The van der Waals surface area contributed by atoms with Gasteiger partial charge in [-0.05, 0) is 76.4 Å². The first-order valence-electron chi connectivity index (χ1n) is 14.2. The standard InChI is InChI=1S/C33H48N4O2/c1-7-8-9-10-13-24-34-33(39)35-31-18-12-11-17-30(31)32(38)37(25-23-27(4)16-14-15-26(2)3)29-21-19-28(20-22-29)36(5)6/h11-12,15,17-23H,7-10,13-14,16,24-25H2,1-6H3,(H2,34,35,39). The van der Waals surface area contributed by atoms with Crippen LogP contribution in [0.15, 0.2) is 71.8 Å². The summed E-state index contributed by atoms with van der Waals surface area (Å²) in [6, 6.07) is 14.9. The number of anilines is 3. The number of urea groups is 1. The molecule has 0 atom stereocenters. The topological polar surface area (TPSA) is 64.7 Å². The quantitative estimate of drug-likeness (QED) is 0.180. The molecule has 0 fully saturated rings. The Morgan fingerprint density at radius 2 is 1.51 bits per heavy atom. The maximum absolute atomic E-state index is 13.9. The zero-order valence-electron chi connectivity index (χ0n) is 24.8. The molecule has 212 valence electrons. The molecule has 0 radical (unpaired) electrons. The summed E-state index contributed by atoms with van der Waals surface area (Å²) >= 11 is 0. The molecule has 0 aliphatic carbocycles. The molecular formula is C33H48N4O2. The van der Waals surface area contributed by atoms with E-state index in [4.69, 9.17) is 0 Å². The van der Waals surface area contributed by atoms with Crippen LogP contribution in [0.3, 0.4) is 0 Å². The molecule has 39 heavy (non-hydrogen) atoms. The van der Waals surface area contributed by atoms with Crippen molar-refractivity contribution in [1.29, 1.82) is 0 Å². The fourth-order valence-electron chi connectivity index (χ4n) is 4.19. The molecule has 6 nitrogen and oxygen atoms in total. The Hall–Kier alpha value is -3.54. The predicted molar refractivity (Wildman–Crippen MR) is 167 cm³/mol. The maximum atomic E-state index is 13.9. The van der Waals surface area contributed by atoms with E-state index in [1.165, 1.54) is 30.4 Å². The summed E-state index contributed by atoms with van der Waals surface area (Å²) in [7, 11) is 3.99. The highest BCUT2D eigenvalue weighted by atomic mass is 16.2. The van der Waals surface area contributed by atoms with Crippen molar-refractivity contribution in [2.24, 2.45) is 0 Å². The van der Waals surface area contributed by atoms with Crippen LogP contribution in [0.1, 0.15) is 83.0 Å². The van der Waals surface area contributed by atoms with E-state index >= 15 is 0 Å². The van der Waals surface area contributed by atoms with Crippen molar-refractivity contribution in [2.75, 3.05) is 42.3 Å². The van der Waals surface area contributed by atoms with Gasteiger partial charge < -0.3 is 20.4 Å². The molecule has 2 aromatic rings. The predicted octanol–water partition coefficient (Wildman–Crippen LogP) is 8.18. The van der Waals surface area contributed by atoms with E-state index < -0.39 is 0 Å². The number of para-hydroxylation sites is 1. The minimum Gasteiger partial charge on any atom is -0.378 e.